The Morgan fingerprint density at radius 2 is 1.55 bits per heavy atom. The fourth-order valence-electron chi connectivity index (χ4n) is 3.64. The van der Waals surface area contributed by atoms with Crippen molar-refractivity contribution in [2.75, 3.05) is 13.2 Å². The second kappa shape index (κ2) is 8.91. The first-order chi connectivity index (χ1) is 15.0. The van der Waals surface area contributed by atoms with Gasteiger partial charge in [0.15, 0.2) is 0 Å². The minimum Gasteiger partial charge on any atom is -0.379 e. The van der Waals surface area contributed by atoms with E-state index in [-0.39, 0.29) is 29.2 Å². The molecule has 7 heteroatoms. The number of hydrogen-bond acceptors (Lipinski definition) is 5. The van der Waals surface area contributed by atoms with E-state index < -0.39 is 16.2 Å². The highest BCUT2D eigenvalue weighted by Gasteiger charge is 2.33. The lowest BCUT2D eigenvalue weighted by Gasteiger charge is -2.37. The standard InChI is InChI=1S/C24H23NO5S/c1-18(19-10-4-2-5-11-19)25-16-23(29-17-24(25)26)21-14-8-9-15-22(21)30-31(27,28)20-12-6-3-7-13-20/h2-15,18,23H,16-17H2,1H3/t18-,23+/m0/s1. The molecule has 0 saturated carbocycles. The maximum atomic E-state index is 12.7. The Hall–Kier alpha value is -3.16. The predicted octanol–water partition coefficient (Wildman–Crippen LogP) is 4.12. The number of carbonyl (C=O) groups is 1. The van der Waals surface area contributed by atoms with Crippen LogP contribution in [0.2, 0.25) is 0 Å². The van der Waals surface area contributed by atoms with Gasteiger partial charge in [-0.15, -0.1) is 0 Å². The van der Waals surface area contributed by atoms with Gasteiger partial charge in [0.1, 0.15) is 23.4 Å². The smallest absolute Gasteiger partial charge is 0.339 e. The minimum absolute atomic E-state index is 0.0730. The van der Waals surface area contributed by atoms with Gasteiger partial charge in [0.25, 0.3) is 0 Å². The molecule has 0 unspecified atom stereocenters. The number of hydrogen-bond donors (Lipinski definition) is 0. The van der Waals surface area contributed by atoms with E-state index in [1.165, 1.54) is 12.1 Å². The number of carbonyl (C=O) groups excluding carboxylic acids is 1. The highest BCUT2D eigenvalue weighted by atomic mass is 32.2. The largest absolute Gasteiger partial charge is 0.379 e. The molecule has 0 spiro atoms. The van der Waals surface area contributed by atoms with E-state index >= 15 is 0 Å². The van der Waals surface area contributed by atoms with Gasteiger partial charge in [-0.3, -0.25) is 4.79 Å². The van der Waals surface area contributed by atoms with Crippen LogP contribution in [-0.2, 0) is 19.6 Å². The first-order valence-corrected chi connectivity index (χ1v) is 11.4. The molecule has 1 aliphatic heterocycles. The van der Waals surface area contributed by atoms with Crippen LogP contribution >= 0.6 is 0 Å². The molecule has 0 aliphatic carbocycles. The van der Waals surface area contributed by atoms with Crippen molar-refractivity contribution >= 4 is 16.0 Å². The molecule has 3 aromatic carbocycles. The van der Waals surface area contributed by atoms with Crippen LogP contribution in [0.5, 0.6) is 5.75 Å². The molecule has 0 aromatic heterocycles. The fourth-order valence-corrected chi connectivity index (χ4v) is 4.61. The Morgan fingerprint density at radius 3 is 2.26 bits per heavy atom. The molecule has 3 aromatic rings. The van der Waals surface area contributed by atoms with E-state index in [9.17, 15) is 13.2 Å². The summed E-state index contributed by atoms with van der Waals surface area (Å²) in [5, 5.41) is 0. The lowest BCUT2D eigenvalue weighted by molar-refractivity contribution is -0.152. The van der Waals surface area contributed by atoms with Gasteiger partial charge >= 0.3 is 10.1 Å². The van der Waals surface area contributed by atoms with Crippen LogP contribution in [0.25, 0.3) is 0 Å². The molecule has 1 amide bonds. The van der Waals surface area contributed by atoms with Crippen molar-refractivity contribution in [3.05, 3.63) is 96.1 Å². The Morgan fingerprint density at radius 1 is 0.935 bits per heavy atom. The van der Waals surface area contributed by atoms with Crippen LogP contribution in [0, 0.1) is 0 Å². The molecule has 1 fully saturated rings. The summed E-state index contributed by atoms with van der Waals surface area (Å²) in [6.45, 7) is 2.18. The van der Waals surface area contributed by atoms with Gasteiger partial charge in [-0.2, -0.15) is 8.42 Å². The third kappa shape index (κ3) is 4.62. The number of nitrogens with zero attached hydrogens (tertiary/aromatic N) is 1. The molecule has 1 aliphatic rings. The zero-order valence-corrected chi connectivity index (χ0v) is 17.9. The topological polar surface area (TPSA) is 72.9 Å². The quantitative estimate of drug-likeness (QED) is 0.543. The monoisotopic (exact) mass is 437 g/mol. The lowest BCUT2D eigenvalue weighted by atomic mass is 10.0. The Kier molecular flexibility index (Phi) is 6.06. The summed E-state index contributed by atoms with van der Waals surface area (Å²) >= 11 is 0. The summed E-state index contributed by atoms with van der Waals surface area (Å²) in [7, 11) is -3.99. The highest BCUT2D eigenvalue weighted by molar-refractivity contribution is 7.87. The highest BCUT2D eigenvalue weighted by Crippen LogP contribution is 2.34. The van der Waals surface area contributed by atoms with Gasteiger partial charge in [-0.05, 0) is 30.7 Å². The number of rotatable bonds is 6. The molecule has 6 nitrogen and oxygen atoms in total. The maximum absolute atomic E-state index is 12.7. The molecular formula is C24H23NO5S. The van der Waals surface area contributed by atoms with E-state index in [2.05, 4.69) is 0 Å². The number of benzene rings is 3. The number of morpholine rings is 1. The number of ether oxygens (including phenoxy) is 1. The van der Waals surface area contributed by atoms with E-state index in [1.807, 2.05) is 37.3 Å². The van der Waals surface area contributed by atoms with Gasteiger partial charge < -0.3 is 13.8 Å². The maximum Gasteiger partial charge on any atom is 0.339 e. The van der Waals surface area contributed by atoms with Crippen LogP contribution < -0.4 is 4.18 Å². The Labute approximate surface area is 182 Å². The van der Waals surface area contributed by atoms with Gasteiger partial charge in [-0.1, -0.05) is 66.7 Å². The van der Waals surface area contributed by atoms with Crippen molar-refractivity contribution in [3.63, 3.8) is 0 Å². The molecule has 0 radical (unpaired) electrons. The van der Waals surface area contributed by atoms with Gasteiger partial charge in [-0.25, -0.2) is 0 Å². The van der Waals surface area contributed by atoms with Crippen LogP contribution in [0.3, 0.4) is 0 Å². The zero-order valence-electron chi connectivity index (χ0n) is 17.0. The molecule has 4 rings (SSSR count). The summed E-state index contributed by atoms with van der Waals surface area (Å²) in [5.74, 6) is 0.0842. The van der Waals surface area contributed by atoms with Crippen LogP contribution in [0.1, 0.15) is 30.2 Å². The second-order valence-corrected chi connectivity index (χ2v) is 8.87. The first-order valence-electron chi connectivity index (χ1n) is 10.0. The van der Waals surface area contributed by atoms with Crippen molar-refractivity contribution in [1.82, 2.24) is 4.90 Å². The molecule has 1 saturated heterocycles. The summed E-state index contributed by atoms with van der Waals surface area (Å²) in [6, 6.07) is 24.5. The zero-order chi connectivity index (χ0) is 21.8. The van der Waals surface area contributed by atoms with E-state index in [0.29, 0.717) is 12.1 Å². The molecule has 2 atom stereocenters. The number of amides is 1. The van der Waals surface area contributed by atoms with Crippen LogP contribution in [0.15, 0.2) is 89.8 Å². The normalized spacial score (nSPS) is 17.9. The summed E-state index contributed by atoms with van der Waals surface area (Å²) in [4.78, 5) is 14.4. The van der Waals surface area contributed by atoms with Gasteiger partial charge in [0, 0.05) is 5.56 Å². The minimum atomic E-state index is -3.99. The van der Waals surface area contributed by atoms with Crippen LogP contribution in [0.4, 0.5) is 0 Å². The molecular weight excluding hydrogens is 414 g/mol. The summed E-state index contributed by atoms with van der Waals surface area (Å²) < 4.78 is 36.7. The SMILES string of the molecule is C[C@@H](c1ccccc1)N1C[C@H](c2ccccc2OS(=O)(=O)c2ccccc2)OCC1=O. The van der Waals surface area contributed by atoms with E-state index in [1.54, 1.807) is 47.4 Å². The summed E-state index contributed by atoms with van der Waals surface area (Å²) in [6.07, 6.45) is -0.508. The van der Waals surface area contributed by atoms with Crippen LogP contribution in [-0.4, -0.2) is 32.4 Å². The molecule has 1 heterocycles. The Bertz CT molecular complexity index is 1150. The van der Waals surface area contributed by atoms with Crippen molar-refractivity contribution in [2.24, 2.45) is 0 Å². The van der Waals surface area contributed by atoms with Gasteiger partial charge in [0.2, 0.25) is 5.91 Å². The average molecular weight is 438 g/mol. The molecule has 31 heavy (non-hydrogen) atoms. The third-order valence-corrected chi connectivity index (χ3v) is 6.59. The predicted molar refractivity (Wildman–Crippen MR) is 116 cm³/mol. The fraction of sp³-hybridized carbons (Fsp3) is 0.208. The van der Waals surface area contributed by atoms with Crippen molar-refractivity contribution in [1.29, 1.82) is 0 Å². The first kappa shape index (κ1) is 21.1. The van der Waals surface area contributed by atoms with Gasteiger partial charge in [0.05, 0.1) is 12.6 Å². The van der Waals surface area contributed by atoms with E-state index in [0.717, 1.165) is 5.56 Å². The summed E-state index contributed by atoms with van der Waals surface area (Å²) in [5.41, 5.74) is 1.60. The number of para-hydroxylation sites is 1. The van der Waals surface area contributed by atoms with Crippen molar-refractivity contribution in [2.45, 2.75) is 24.0 Å². The average Bonchev–Trinajstić information content (AvgIpc) is 2.80. The molecule has 160 valence electrons. The Balaban J connectivity index is 1.59. The second-order valence-electron chi connectivity index (χ2n) is 7.32. The molecule has 0 bridgehead atoms. The van der Waals surface area contributed by atoms with Crippen molar-refractivity contribution in [3.8, 4) is 5.75 Å². The third-order valence-electron chi connectivity index (χ3n) is 5.34. The lowest BCUT2D eigenvalue weighted by Crippen LogP contribution is -2.44. The molecule has 0 N–H and O–H groups in total. The van der Waals surface area contributed by atoms with E-state index in [4.69, 9.17) is 8.92 Å². The van der Waals surface area contributed by atoms with Crippen molar-refractivity contribution < 1.29 is 22.1 Å².